The van der Waals surface area contributed by atoms with Crippen LogP contribution in [0.4, 0.5) is 0 Å². The summed E-state index contributed by atoms with van der Waals surface area (Å²) >= 11 is 0. The number of hydrogen-bond donors (Lipinski definition) is 1. The molecule has 1 N–H and O–H groups in total. The van der Waals surface area contributed by atoms with Crippen LogP contribution in [0.2, 0.25) is 0 Å². The predicted molar refractivity (Wildman–Crippen MR) is 49.8 cm³/mol. The Balaban J connectivity index is 1.95. The van der Waals surface area contributed by atoms with Crippen LogP contribution in [0.15, 0.2) is 12.2 Å². The molecule has 0 aliphatic heterocycles. The zero-order chi connectivity index (χ0) is 8.72. The summed E-state index contributed by atoms with van der Waals surface area (Å²) in [5.41, 5.74) is 0.953. The Kier molecular flexibility index (Phi) is 1.99. The predicted octanol–water partition coefficient (Wildman–Crippen LogP) is 2.36. The normalized spacial score (nSPS) is 41.7. The van der Waals surface area contributed by atoms with Crippen LogP contribution < -0.4 is 0 Å². The molecule has 3 unspecified atom stereocenters. The van der Waals surface area contributed by atoms with Crippen molar-refractivity contribution in [3.05, 3.63) is 12.2 Å². The van der Waals surface area contributed by atoms with Crippen molar-refractivity contribution in [3.8, 4) is 0 Å². The van der Waals surface area contributed by atoms with Crippen molar-refractivity contribution in [2.45, 2.75) is 38.7 Å². The lowest BCUT2D eigenvalue weighted by Gasteiger charge is -2.08. The molecule has 2 fully saturated rings. The average molecular weight is 166 g/mol. The number of fused-ring (bicyclic) bond motifs is 1. The Bertz CT molecular complexity index is 185. The molecule has 1 nitrogen and oxygen atoms in total. The topological polar surface area (TPSA) is 20.2 Å². The quantitative estimate of drug-likeness (QED) is 0.624. The van der Waals surface area contributed by atoms with Crippen molar-refractivity contribution in [2.24, 2.45) is 17.8 Å². The second-order valence-corrected chi connectivity index (χ2v) is 4.48. The van der Waals surface area contributed by atoms with Crippen LogP contribution in [-0.4, -0.2) is 11.2 Å². The monoisotopic (exact) mass is 166 g/mol. The summed E-state index contributed by atoms with van der Waals surface area (Å²) in [6.07, 6.45) is 5.23. The zero-order valence-corrected chi connectivity index (χ0v) is 7.79. The lowest BCUT2D eigenvalue weighted by Crippen LogP contribution is -2.11. The van der Waals surface area contributed by atoms with E-state index in [-0.39, 0.29) is 6.10 Å². The maximum absolute atomic E-state index is 9.80. The van der Waals surface area contributed by atoms with E-state index in [0.717, 1.165) is 17.4 Å². The van der Waals surface area contributed by atoms with E-state index in [2.05, 4.69) is 6.58 Å². The highest BCUT2D eigenvalue weighted by Crippen LogP contribution is 2.57. The SMILES string of the molecule is C=C(C)C(O)C1C2CCCCC21. The van der Waals surface area contributed by atoms with Gasteiger partial charge in [-0.25, -0.2) is 0 Å². The third-order valence-corrected chi connectivity index (χ3v) is 3.59. The van der Waals surface area contributed by atoms with E-state index in [1.807, 2.05) is 6.92 Å². The molecule has 0 amide bonds. The first kappa shape index (κ1) is 8.31. The van der Waals surface area contributed by atoms with E-state index in [9.17, 15) is 5.11 Å². The van der Waals surface area contributed by atoms with E-state index in [1.165, 1.54) is 25.7 Å². The maximum Gasteiger partial charge on any atom is 0.0778 e. The maximum atomic E-state index is 9.80. The van der Waals surface area contributed by atoms with Crippen molar-refractivity contribution in [2.75, 3.05) is 0 Å². The first-order valence-electron chi connectivity index (χ1n) is 5.05. The third kappa shape index (κ3) is 1.20. The average Bonchev–Trinajstić information content (AvgIpc) is 2.76. The smallest absolute Gasteiger partial charge is 0.0778 e. The Hall–Kier alpha value is -0.300. The minimum absolute atomic E-state index is 0.210. The molecule has 3 atom stereocenters. The Morgan fingerprint density at radius 1 is 1.33 bits per heavy atom. The summed E-state index contributed by atoms with van der Waals surface area (Å²) < 4.78 is 0. The Labute approximate surface area is 74.5 Å². The fourth-order valence-electron chi connectivity index (χ4n) is 2.84. The van der Waals surface area contributed by atoms with Crippen molar-refractivity contribution in [3.63, 3.8) is 0 Å². The van der Waals surface area contributed by atoms with E-state index in [1.54, 1.807) is 0 Å². The fraction of sp³-hybridized carbons (Fsp3) is 0.818. The second-order valence-electron chi connectivity index (χ2n) is 4.48. The van der Waals surface area contributed by atoms with Crippen molar-refractivity contribution < 1.29 is 5.11 Å². The van der Waals surface area contributed by atoms with Gasteiger partial charge in [0.05, 0.1) is 6.10 Å². The summed E-state index contributed by atoms with van der Waals surface area (Å²) in [7, 11) is 0. The molecular weight excluding hydrogens is 148 g/mol. The van der Waals surface area contributed by atoms with Crippen LogP contribution in [0.1, 0.15) is 32.6 Å². The molecule has 0 bridgehead atoms. The van der Waals surface area contributed by atoms with Gasteiger partial charge in [0.1, 0.15) is 0 Å². The van der Waals surface area contributed by atoms with Crippen LogP contribution in [0.3, 0.4) is 0 Å². The van der Waals surface area contributed by atoms with E-state index >= 15 is 0 Å². The molecule has 2 rings (SSSR count). The largest absolute Gasteiger partial charge is 0.388 e. The van der Waals surface area contributed by atoms with Crippen LogP contribution in [0, 0.1) is 17.8 Å². The standard InChI is InChI=1S/C11H18O/c1-7(2)11(12)10-8-5-3-4-6-9(8)10/h8-12H,1,3-6H2,2H3. The summed E-state index contributed by atoms with van der Waals surface area (Å²) in [6, 6.07) is 0. The first-order valence-corrected chi connectivity index (χ1v) is 5.05. The van der Waals surface area contributed by atoms with E-state index in [0.29, 0.717) is 5.92 Å². The summed E-state index contributed by atoms with van der Waals surface area (Å²) in [5.74, 6) is 2.25. The molecule has 0 aromatic heterocycles. The molecular formula is C11H18O. The van der Waals surface area contributed by atoms with Gasteiger partial charge in [0.15, 0.2) is 0 Å². The lowest BCUT2D eigenvalue weighted by molar-refractivity contribution is 0.176. The molecule has 0 radical (unpaired) electrons. The van der Waals surface area contributed by atoms with Gasteiger partial charge in [-0.05, 0) is 37.5 Å². The van der Waals surface area contributed by atoms with Gasteiger partial charge in [-0.3, -0.25) is 0 Å². The summed E-state index contributed by atoms with van der Waals surface area (Å²) in [6.45, 7) is 5.76. The minimum atomic E-state index is -0.210. The molecule has 0 spiro atoms. The lowest BCUT2D eigenvalue weighted by atomic mass is 10.0. The molecule has 0 aromatic rings. The highest BCUT2D eigenvalue weighted by Gasteiger charge is 2.53. The summed E-state index contributed by atoms with van der Waals surface area (Å²) in [4.78, 5) is 0. The fourth-order valence-corrected chi connectivity index (χ4v) is 2.84. The molecule has 2 saturated carbocycles. The number of aliphatic hydroxyl groups excluding tert-OH is 1. The highest BCUT2D eigenvalue weighted by atomic mass is 16.3. The van der Waals surface area contributed by atoms with Gasteiger partial charge in [-0.15, -0.1) is 0 Å². The zero-order valence-electron chi connectivity index (χ0n) is 7.79. The first-order chi connectivity index (χ1) is 5.72. The molecule has 0 aromatic carbocycles. The summed E-state index contributed by atoms with van der Waals surface area (Å²) in [5, 5.41) is 9.80. The van der Waals surface area contributed by atoms with Gasteiger partial charge in [0.2, 0.25) is 0 Å². The molecule has 2 aliphatic rings. The van der Waals surface area contributed by atoms with Crippen molar-refractivity contribution >= 4 is 0 Å². The Morgan fingerprint density at radius 3 is 2.25 bits per heavy atom. The van der Waals surface area contributed by atoms with Gasteiger partial charge in [0.25, 0.3) is 0 Å². The molecule has 12 heavy (non-hydrogen) atoms. The molecule has 68 valence electrons. The van der Waals surface area contributed by atoms with Gasteiger partial charge in [-0.2, -0.15) is 0 Å². The number of hydrogen-bond acceptors (Lipinski definition) is 1. The number of rotatable bonds is 2. The molecule has 0 saturated heterocycles. The van der Waals surface area contributed by atoms with Crippen molar-refractivity contribution in [1.29, 1.82) is 0 Å². The van der Waals surface area contributed by atoms with Gasteiger partial charge in [0, 0.05) is 0 Å². The third-order valence-electron chi connectivity index (χ3n) is 3.59. The molecule has 2 aliphatic carbocycles. The van der Waals surface area contributed by atoms with Crippen LogP contribution >= 0.6 is 0 Å². The van der Waals surface area contributed by atoms with Gasteiger partial charge >= 0.3 is 0 Å². The van der Waals surface area contributed by atoms with Crippen molar-refractivity contribution in [1.82, 2.24) is 0 Å². The Morgan fingerprint density at radius 2 is 1.83 bits per heavy atom. The number of aliphatic hydroxyl groups is 1. The highest BCUT2D eigenvalue weighted by molar-refractivity contribution is 5.12. The van der Waals surface area contributed by atoms with E-state index < -0.39 is 0 Å². The van der Waals surface area contributed by atoms with Gasteiger partial charge in [-0.1, -0.05) is 25.0 Å². The minimum Gasteiger partial charge on any atom is -0.388 e. The van der Waals surface area contributed by atoms with Crippen LogP contribution in [0.25, 0.3) is 0 Å². The molecule has 0 heterocycles. The van der Waals surface area contributed by atoms with Crippen LogP contribution in [-0.2, 0) is 0 Å². The van der Waals surface area contributed by atoms with Crippen LogP contribution in [0.5, 0.6) is 0 Å². The molecule has 1 heteroatoms. The van der Waals surface area contributed by atoms with Gasteiger partial charge < -0.3 is 5.11 Å². The van der Waals surface area contributed by atoms with E-state index in [4.69, 9.17) is 0 Å². The second kappa shape index (κ2) is 2.88.